The number of hydrogen-bond donors (Lipinski definition) is 0. The second-order valence-corrected chi connectivity index (χ2v) is 5.91. The topological polar surface area (TPSA) is 79.5 Å². The Morgan fingerprint density at radius 1 is 1.08 bits per heavy atom. The lowest BCUT2D eigenvalue weighted by Gasteiger charge is -2.36. The Labute approximate surface area is 142 Å². The molecular weight excluding hydrogens is 325 g/mol. The predicted octanol–water partition coefficient (Wildman–Crippen LogP) is 1.19. The van der Waals surface area contributed by atoms with Crippen molar-refractivity contribution < 1.29 is 9.18 Å². The van der Waals surface area contributed by atoms with Crippen LogP contribution in [0.15, 0.2) is 30.3 Å². The Morgan fingerprint density at radius 2 is 1.84 bits per heavy atom. The van der Waals surface area contributed by atoms with Crippen LogP contribution in [0, 0.1) is 5.82 Å². The largest absolute Gasteiger partial charge is 0.366 e. The molecule has 0 unspecified atom stereocenters. The van der Waals surface area contributed by atoms with Gasteiger partial charge in [-0.1, -0.05) is 0 Å². The highest BCUT2D eigenvalue weighted by molar-refractivity contribution is 5.94. The highest BCUT2D eigenvalue weighted by atomic mass is 19.1. The lowest BCUT2D eigenvalue weighted by atomic mass is 10.1. The van der Waals surface area contributed by atoms with E-state index in [2.05, 4.69) is 25.5 Å². The zero-order valence-corrected chi connectivity index (χ0v) is 13.6. The molecule has 128 valence electrons. The third-order valence-electron chi connectivity index (χ3n) is 4.35. The first-order valence-electron chi connectivity index (χ1n) is 7.97. The van der Waals surface area contributed by atoms with Gasteiger partial charge in [0, 0.05) is 31.7 Å². The van der Waals surface area contributed by atoms with Crippen molar-refractivity contribution in [1.82, 2.24) is 25.3 Å². The smallest absolute Gasteiger partial charge is 0.200 e. The quantitative estimate of drug-likeness (QED) is 0.662. The highest BCUT2D eigenvalue weighted by Gasteiger charge is 2.21. The second-order valence-electron chi connectivity index (χ2n) is 5.91. The van der Waals surface area contributed by atoms with E-state index in [0.29, 0.717) is 43.1 Å². The van der Waals surface area contributed by atoms with E-state index in [-0.39, 0.29) is 11.6 Å². The van der Waals surface area contributed by atoms with Gasteiger partial charge in [0.2, 0.25) is 0 Å². The van der Waals surface area contributed by atoms with Gasteiger partial charge in [0.25, 0.3) is 0 Å². The van der Waals surface area contributed by atoms with E-state index in [0.717, 1.165) is 5.82 Å². The maximum Gasteiger partial charge on any atom is 0.200 e. The van der Waals surface area contributed by atoms with Crippen LogP contribution < -0.4 is 9.80 Å². The molecule has 1 aromatic carbocycles. The molecule has 0 spiro atoms. The van der Waals surface area contributed by atoms with Gasteiger partial charge in [-0.3, -0.25) is 4.79 Å². The van der Waals surface area contributed by atoms with Gasteiger partial charge in [0.05, 0.1) is 5.69 Å². The van der Waals surface area contributed by atoms with Crippen molar-refractivity contribution in [2.45, 2.75) is 6.92 Å². The molecule has 25 heavy (non-hydrogen) atoms. The summed E-state index contributed by atoms with van der Waals surface area (Å²) in [6.07, 6.45) is 0. The minimum absolute atomic E-state index is 0.140. The van der Waals surface area contributed by atoms with Gasteiger partial charge in [0.1, 0.15) is 5.82 Å². The molecule has 8 nitrogen and oxygen atoms in total. The van der Waals surface area contributed by atoms with Crippen LogP contribution >= 0.6 is 0 Å². The van der Waals surface area contributed by atoms with E-state index in [4.69, 9.17) is 0 Å². The van der Waals surface area contributed by atoms with Crippen molar-refractivity contribution in [2.75, 3.05) is 36.0 Å². The van der Waals surface area contributed by atoms with Crippen molar-refractivity contribution in [1.29, 1.82) is 0 Å². The second kappa shape index (κ2) is 6.08. The van der Waals surface area contributed by atoms with Crippen LogP contribution in [0.3, 0.4) is 0 Å². The highest BCUT2D eigenvalue weighted by Crippen LogP contribution is 2.23. The number of hydrogen-bond acceptors (Lipinski definition) is 7. The van der Waals surface area contributed by atoms with Crippen LogP contribution in [0.5, 0.6) is 0 Å². The van der Waals surface area contributed by atoms with Gasteiger partial charge in [0.15, 0.2) is 17.2 Å². The molecule has 0 amide bonds. The van der Waals surface area contributed by atoms with Crippen LogP contribution in [-0.4, -0.2) is 57.2 Å². The molecule has 1 aliphatic heterocycles. The molecule has 1 fully saturated rings. The lowest BCUT2D eigenvalue weighted by Crippen LogP contribution is -2.47. The number of carbonyl (C=O) groups excluding carboxylic acids is 1. The summed E-state index contributed by atoms with van der Waals surface area (Å²) in [4.78, 5) is 15.4. The first-order valence-corrected chi connectivity index (χ1v) is 7.97. The summed E-state index contributed by atoms with van der Waals surface area (Å²) < 4.78 is 15.7. The number of rotatable bonds is 3. The van der Waals surface area contributed by atoms with Gasteiger partial charge < -0.3 is 9.80 Å². The van der Waals surface area contributed by atoms with Crippen LogP contribution in [0.2, 0.25) is 0 Å². The van der Waals surface area contributed by atoms with Gasteiger partial charge in [-0.05, 0) is 47.7 Å². The first kappa shape index (κ1) is 15.4. The van der Waals surface area contributed by atoms with E-state index in [9.17, 15) is 9.18 Å². The van der Waals surface area contributed by atoms with Crippen molar-refractivity contribution >= 4 is 22.9 Å². The molecule has 1 aliphatic rings. The standard InChI is InChI=1S/C16H16FN7O/c1-11(25)12-2-3-14(13(17)10-12)22-6-8-23(9-7-22)16-5-4-15-18-20-21-24(15)19-16/h2-5,10H,6-9H2,1H3. The number of fused-ring (bicyclic) bond motifs is 1. The van der Waals surface area contributed by atoms with Gasteiger partial charge in [-0.15, -0.1) is 14.8 Å². The van der Waals surface area contributed by atoms with Gasteiger partial charge in [-0.25, -0.2) is 4.39 Å². The zero-order chi connectivity index (χ0) is 17.4. The fourth-order valence-corrected chi connectivity index (χ4v) is 2.97. The molecule has 0 saturated carbocycles. The molecule has 0 N–H and O–H groups in total. The average Bonchev–Trinajstić information content (AvgIpc) is 3.09. The van der Waals surface area contributed by atoms with Crippen LogP contribution in [0.1, 0.15) is 17.3 Å². The van der Waals surface area contributed by atoms with Crippen molar-refractivity contribution in [3.05, 3.63) is 41.7 Å². The molecule has 3 heterocycles. The Bertz CT molecular complexity index is 933. The van der Waals surface area contributed by atoms with E-state index < -0.39 is 0 Å². The number of ketones is 1. The van der Waals surface area contributed by atoms with Crippen molar-refractivity contribution in [3.8, 4) is 0 Å². The summed E-state index contributed by atoms with van der Waals surface area (Å²) in [7, 11) is 0. The Balaban J connectivity index is 1.48. The average molecular weight is 341 g/mol. The normalized spacial score (nSPS) is 15.0. The predicted molar refractivity (Wildman–Crippen MR) is 89.4 cm³/mol. The maximum atomic E-state index is 14.3. The van der Waals surface area contributed by atoms with E-state index in [1.807, 2.05) is 17.0 Å². The Kier molecular flexibility index (Phi) is 3.75. The number of Topliss-reactive ketones (excluding diaryl/α,β-unsaturated/α-hetero) is 1. The maximum absolute atomic E-state index is 14.3. The molecular formula is C16H16FN7O. The number of halogens is 1. The summed E-state index contributed by atoms with van der Waals surface area (Å²) >= 11 is 0. The van der Waals surface area contributed by atoms with E-state index in [1.54, 1.807) is 12.1 Å². The third kappa shape index (κ3) is 2.88. The zero-order valence-electron chi connectivity index (χ0n) is 13.6. The summed E-state index contributed by atoms with van der Waals surface area (Å²) in [5, 5.41) is 15.6. The summed E-state index contributed by atoms with van der Waals surface area (Å²) in [6, 6.07) is 8.34. The number of anilines is 2. The van der Waals surface area contributed by atoms with Gasteiger partial charge in [-0.2, -0.15) is 0 Å². The minimum atomic E-state index is -0.366. The SMILES string of the molecule is CC(=O)c1ccc(N2CCN(c3ccc4nnnn4n3)CC2)c(F)c1. The number of carbonyl (C=O) groups is 1. The Hall–Kier alpha value is -3.10. The molecule has 0 bridgehead atoms. The van der Waals surface area contributed by atoms with Gasteiger partial charge >= 0.3 is 0 Å². The molecule has 0 atom stereocenters. The summed E-state index contributed by atoms with van der Waals surface area (Å²) in [5.74, 6) is 0.278. The number of aromatic nitrogens is 5. The lowest BCUT2D eigenvalue weighted by molar-refractivity contribution is 0.101. The fourth-order valence-electron chi connectivity index (χ4n) is 2.97. The van der Waals surface area contributed by atoms with Crippen molar-refractivity contribution in [2.24, 2.45) is 0 Å². The monoisotopic (exact) mass is 341 g/mol. The molecule has 1 saturated heterocycles. The molecule has 3 aromatic rings. The minimum Gasteiger partial charge on any atom is -0.366 e. The third-order valence-corrected chi connectivity index (χ3v) is 4.35. The van der Waals surface area contributed by atoms with E-state index >= 15 is 0 Å². The van der Waals surface area contributed by atoms with Crippen LogP contribution in [-0.2, 0) is 0 Å². The van der Waals surface area contributed by atoms with Crippen LogP contribution in [0.25, 0.3) is 5.65 Å². The molecule has 4 rings (SSSR count). The van der Waals surface area contributed by atoms with Crippen LogP contribution in [0.4, 0.5) is 15.9 Å². The van der Waals surface area contributed by atoms with Crippen molar-refractivity contribution in [3.63, 3.8) is 0 Å². The number of nitrogens with zero attached hydrogens (tertiary/aromatic N) is 7. The summed E-state index contributed by atoms with van der Waals surface area (Å²) in [5.41, 5.74) is 1.50. The molecule has 2 aromatic heterocycles. The fraction of sp³-hybridized carbons (Fsp3) is 0.312. The number of benzene rings is 1. The summed E-state index contributed by atoms with van der Waals surface area (Å²) in [6.45, 7) is 4.15. The van der Waals surface area contributed by atoms with E-state index in [1.165, 1.54) is 17.6 Å². The molecule has 0 aliphatic carbocycles. The first-order chi connectivity index (χ1) is 12.1. The number of piperazine rings is 1. The molecule has 0 radical (unpaired) electrons. The molecule has 9 heteroatoms. The Morgan fingerprint density at radius 3 is 2.56 bits per heavy atom. The number of tetrazole rings is 1.